The highest BCUT2D eigenvalue weighted by Crippen LogP contribution is 2.29. The van der Waals surface area contributed by atoms with E-state index in [1.54, 1.807) is 31.0 Å². The summed E-state index contributed by atoms with van der Waals surface area (Å²) in [4.78, 5) is 23.9. The molecule has 0 saturated carbocycles. The number of piperidine rings is 1. The van der Waals surface area contributed by atoms with Crippen molar-refractivity contribution in [1.29, 1.82) is 0 Å². The monoisotopic (exact) mass is 333 g/mol. The Kier molecular flexibility index (Phi) is 4.45. The zero-order chi connectivity index (χ0) is 16.9. The molecule has 0 aliphatic carbocycles. The number of hydrogen-bond acceptors (Lipinski definition) is 7. The minimum Gasteiger partial charge on any atom is -0.355 e. The lowest BCUT2D eigenvalue weighted by molar-refractivity contribution is 0.494. The van der Waals surface area contributed by atoms with Crippen LogP contribution in [0.1, 0.15) is 24.5 Å². The van der Waals surface area contributed by atoms with E-state index in [0.29, 0.717) is 11.7 Å². The van der Waals surface area contributed by atoms with E-state index in [-0.39, 0.29) is 0 Å². The molecule has 1 aliphatic heterocycles. The summed E-state index contributed by atoms with van der Waals surface area (Å²) in [5, 5.41) is 3.20. The number of anilines is 3. The van der Waals surface area contributed by atoms with E-state index in [1.165, 1.54) is 0 Å². The van der Waals surface area contributed by atoms with Crippen molar-refractivity contribution in [1.82, 2.24) is 24.9 Å². The molecular weight excluding hydrogens is 314 g/mol. The largest absolute Gasteiger partial charge is 0.355 e. The van der Waals surface area contributed by atoms with E-state index >= 15 is 0 Å². The van der Waals surface area contributed by atoms with Gasteiger partial charge in [0.05, 0.1) is 12.4 Å². The predicted octanol–water partition coefficient (Wildman–Crippen LogP) is 2.79. The van der Waals surface area contributed by atoms with Crippen molar-refractivity contribution in [2.45, 2.75) is 18.8 Å². The van der Waals surface area contributed by atoms with E-state index in [2.05, 4.69) is 36.2 Å². The zero-order valence-corrected chi connectivity index (χ0v) is 13.8. The predicted molar refractivity (Wildman–Crippen MR) is 95.8 cm³/mol. The van der Waals surface area contributed by atoms with Crippen LogP contribution in [-0.4, -0.2) is 38.0 Å². The van der Waals surface area contributed by atoms with E-state index in [0.717, 1.165) is 43.3 Å². The molecule has 1 N–H and O–H groups in total. The van der Waals surface area contributed by atoms with Gasteiger partial charge in [-0.3, -0.25) is 9.97 Å². The summed E-state index contributed by atoms with van der Waals surface area (Å²) < 4.78 is 0. The Morgan fingerprint density at radius 3 is 2.40 bits per heavy atom. The highest BCUT2D eigenvalue weighted by molar-refractivity contribution is 5.50. The first-order valence-corrected chi connectivity index (χ1v) is 8.39. The van der Waals surface area contributed by atoms with Crippen molar-refractivity contribution >= 4 is 17.5 Å². The van der Waals surface area contributed by atoms with Gasteiger partial charge in [-0.25, -0.2) is 15.0 Å². The molecule has 0 bridgehead atoms. The topological polar surface area (TPSA) is 79.7 Å². The minimum atomic E-state index is 0.455. The van der Waals surface area contributed by atoms with Crippen molar-refractivity contribution in [3.8, 4) is 0 Å². The van der Waals surface area contributed by atoms with Crippen LogP contribution in [0.2, 0.25) is 0 Å². The molecule has 0 spiro atoms. The first kappa shape index (κ1) is 15.4. The van der Waals surface area contributed by atoms with Gasteiger partial charge in [0.2, 0.25) is 0 Å². The van der Waals surface area contributed by atoms with Crippen LogP contribution in [-0.2, 0) is 0 Å². The molecule has 7 heteroatoms. The third kappa shape index (κ3) is 3.71. The van der Waals surface area contributed by atoms with Gasteiger partial charge in [0.25, 0.3) is 0 Å². The zero-order valence-electron chi connectivity index (χ0n) is 13.8. The number of aromatic nitrogens is 5. The number of nitrogens with zero attached hydrogens (tertiary/aromatic N) is 6. The Labute approximate surface area is 146 Å². The lowest BCUT2D eigenvalue weighted by Gasteiger charge is -2.32. The van der Waals surface area contributed by atoms with Gasteiger partial charge in [-0.15, -0.1) is 0 Å². The summed E-state index contributed by atoms with van der Waals surface area (Å²) in [5.74, 6) is 2.91. The molecule has 4 heterocycles. The second kappa shape index (κ2) is 7.21. The molecule has 0 radical (unpaired) electrons. The fourth-order valence-electron chi connectivity index (χ4n) is 3.10. The van der Waals surface area contributed by atoms with E-state index in [4.69, 9.17) is 4.98 Å². The van der Waals surface area contributed by atoms with Crippen molar-refractivity contribution in [2.24, 2.45) is 0 Å². The fraction of sp³-hybridized carbons (Fsp3) is 0.278. The second-order valence-electron chi connectivity index (χ2n) is 5.99. The molecule has 0 unspecified atom stereocenters. The second-order valence-corrected chi connectivity index (χ2v) is 5.99. The van der Waals surface area contributed by atoms with E-state index in [9.17, 15) is 0 Å². The van der Waals surface area contributed by atoms with Crippen LogP contribution in [0.4, 0.5) is 17.5 Å². The van der Waals surface area contributed by atoms with Crippen LogP contribution >= 0.6 is 0 Å². The summed E-state index contributed by atoms with van der Waals surface area (Å²) in [5.41, 5.74) is 1.12. The SMILES string of the molecule is c1cc(Nc2cnccn2)nc(C2CCN(c3cnccn3)CC2)c1. The van der Waals surface area contributed by atoms with E-state index < -0.39 is 0 Å². The fourth-order valence-corrected chi connectivity index (χ4v) is 3.10. The first-order valence-electron chi connectivity index (χ1n) is 8.39. The van der Waals surface area contributed by atoms with Crippen LogP contribution < -0.4 is 10.2 Å². The Morgan fingerprint density at radius 1 is 0.880 bits per heavy atom. The van der Waals surface area contributed by atoms with Gasteiger partial charge in [-0.05, 0) is 25.0 Å². The molecule has 3 aromatic rings. The van der Waals surface area contributed by atoms with Crippen molar-refractivity contribution in [3.63, 3.8) is 0 Å². The van der Waals surface area contributed by atoms with Crippen LogP contribution in [0.5, 0.6) is 0 Å². The Morgan fingerprint density at radius 2 is 1.68 bits per heavy atom. The molecule has 1 fully saturated rings. The number of rotatable bonds is 4. The third-order valence-electron chi connectivity index (χ3n) is 4.38. The van der Waals surface area contributed by atoms with Crippen molar-refractivity contribution in [3.05, 3.63) is 61.1 Å². The average Bonchev–Trinajstić information content (AvgIpc) is 2.70. The average molecular weight is 333 g/mol. The first-order chi connectivity index (χ1) is 12.4. The smallest absolute Gasteiger partial charge is 0.150 e. The van der Waals surface area contributed by atoms with Crippen LogP contribution in [0.15, 0.2) is 55.4 Å². The number of hydrogen-bond donors (Lipinski definition) is 1. The summed E-state index contributed by atoms with van der Waals surface area (Å²) in [6.45, 7) is 1.93. The lowest BCUT2D eigenvalue weighted by Crippen LogP contribution is -2.33. The molecule has 3 aromatic heterocycles. The molecule has 1 aliphatic rings. The summed E-state index contributed by atoms with van der Waals surface area (Å²) in [7, 11) is 0. The van der Waals surface area contributed by atoms with Crippen molar-refractivity contribution in [2.75, 3.05) is 23.3 Å². The molecule has 1 saturated heterocycles. The maximum Gasteiger partial charge on any atom is 0.150 e. The molecule has 126 valence electrons. The van der Waals surface area contributed by atoms with Gasteiger partial charge in [-0.1, -0.05) is 6.07 Å². The van der Waals surface area contributed by atoms with E-state index in [1.807, 2.05) is 18.3 Å². The number of nitrogens with one attached hydrogen (secondary N) is 1. The van der Waals surface area contributed by atoms with Gasteiger partial charge in [0.15, 0.2) is 0 Å². The highest BCUT2D eigenvalue weighted by atomic mass is 15.2. The maximum absolute atomic E-state index is 4.76. The molecule has 0 atom stereocenters. The summed E-state index contributed by atoms with van der Waals surface area (Å²) >= 11 is 0. The van der Waals surface area contributed by atoms with Gasteiger partial charge in [0.1, 0.15) is 17.5 Å². The number of pyridine rings is 1. The highest BCUT2D eigenvalue weighted by Gasteiger charge is 2.22. The van der Waals surface area contributed by atoms with Gasteiger partial charge in [-0.2, -0.15) is 0 Å². The molecule has 0 amide bonds. The standard InChI is InChI=1S/C18H19N7/c1-2-15(23-16(3-1)24-17-12-19-6-8-21-17)14-4-10-25(11-5-14)18-13-20-7-9-22-18/h1-3,6-9,12-14H,4-5,10-11H2,(H,21,23,24). The lowest BCUT2D eigenvalue weighted by atomic mass is 9.93. The quantitative estimate of drug-likeness (QED) is 0.786. The van der Waals surface area contributed by atoms with Gasteiger partial charge >= 0.3 is 0 Å². The van der Waals surface area contributed by atoms with Crippen molar-refractivity contribution < 1.29 is 0 Å². The van der Waals surface area contributed by atoms with Crippen LogP contribution in [0, 0.1) is 0 Å². The molecule has 7 nitrogen and oxygen atoms in total. The normalized spacial score (nSPS) is 15.1. The third-order valence-corrected chi connectivity index (χ3v) is 4.38. The van der Waals surface area contributed by atoms with Crippen LogP contribution in [0.3, 0.4) is 0 Å². The minimum absolute atomic E-state index is 0.455. The Hall–Kier alpha value is -3.09. The van der Waals surface area contributed by atoms with Gasteiger partial charge < -0.3 is 10.2 Å². The molecule has 4 rings (SSSR count). The van der Waals surface area contributed by atoms with Crippen LogP contribution in [0.25, 0.3) is 0 Å². The maximum atomic E-state index is 4.76. The molecular formula is C18H19N7. The summed E-state index contributed by atoms with van der Waals surface area (Å²) in [6.07, 6.45) is 12.4. The van der Waals surface area contributed by atoms with Gasteiger partial charge in [0, 0.05) is 49.5 Å². The Bertz CT molecular complexity index is 802. The molecule has 25 heavy (non-hydrogen) atoms. The summed E-state index contributed by atoms with van der Waals surface area (Å²) in [6, 6.07) is 6.09. The molecule has 0 aromatic carbocycles. The Balaban J connectivity index is 1.42.